The average Bonchev–Trinajstić information content (AvgIpc) is 3.49. The zero-order valence-corrected chi connectivity index (χ0v) is 27.9. The van der Waals surface area contributed by atoms with Gasteiger partial charge >= 0.3 is 5.97 Å². The smallest absolute Gasteiger partial charge is 0.338 e. The predicted octanol–water partition coefficient (Wildman–Crippen LogP) is 10.5. The number of thioether (sulfide) groups is 1. The third kappa shape index (κ3) is 7.42. The van der Waals surface area contributed by atoms with E-state index in [9.17, 15) is 19.5 Å². The van der Waals surface area contributed by atoms with Crippen LogP contribution in [-0.4, -0.2) is 27.9 Å². The lowest BCUT2D eigenvalue weighted by Gasteiger charge is -2.17. The van der Waals surface area contributed by atoms with Gasteiger partial charge in [0.05, 0.1) is 36.9 Å². The molecular formula is C31H18Cl5N3O4S2. The van der Waals surface area contributed by atoms with E-state index in [4.69, 9.17) is 58.0 Å². The number of rotatable bonds is 9. The Bertz CT molecular complexity index is 1920. The summed E-state index contributed by atoms with van der Waals surface area (Å²) in [6.45, 7) is 0. The van der Waals surface area contributed by atoms with Crippen LogP contribution in [0.25, 0.3) is 11.3 Å². The molecule has 0 fully saturated rings. The molecule has 0 saturated heterocycles. The van der Waals surface area contributed by atoms with E-state index in [1.807, 2.05) is 53.9 Å². The molecule has 1 unspecified atom stereocenters. The highest BCUT2D eigenvalue weighted by atomic mass is 35.5. The molecule has 1 atom stereocenters. The van der Waals surface area contributed by atoms with Gasteiger partial charge in [0.15, 0.2) is 5.13 Å². The lowest BCUT2D eigenvalue weighted by molar-refractivity contribution is -0.115. The van der Waals surface area contributed by atoms with Crippen molar-refractivity contribution in [1.29, 1.82) is 0 Å². The lowest BCUT2D eigenvalue weighted by Crippen LogP contribution is -2.19. The number of hydrogen-bond donors (Lipinski definition) is 3. The third-order valence-corrected chi connectivity index (χ3v) is 10.5. The maximum absolute atomic E-state index is 13.6. The summed E-state index contributed by atoms with van der Waals surface area (Å²) in [4.78, 5) is 43.8. The molecule has 5 aromatic rings. The predicted molar refractivity (Wildman–Crippen MR) is 184 cm³/mol. The molecular weight excluding hydrogens is 720 g/mol. The summed E-state index contributed by atoms with van der Waals surface area (Å²) >= 11 is 33.2. The molecule has 1 aromatic heterocycles. The number of nitrogens with one attached hydrogen (secondary N) is 2. The van der Waals surface area contributed by atoms with Gasteiger partial charge < -0.3 is 15.7 Å². The van der Waals surface area contributed by atoms with Gasteiger partial charge in [-0.05, 0) is 35.9 Å². The van der Waals surface area contributed by atoms with Crippen LogP contribution >= 0.6 is 81.1 Å². The van der Waals surface area contributed by atoms with Crippen LogP contribution < -0.4 is 10.6 Å². The van der Waals surface area contributed by atoms with Crippen molar-refractivity contribution in [2.75, 3.05) is 10.6 Å². The largest absolute Gasteiger partial charge is 0.478 e. The molecule has 4 aromatic carbocycles. The van der Waals surface area contributed by atoms with Crippen molar-refractivity contribution in [1.82, 2.24) is 4.98 Å². The summed E-state index contributed by atoms with van der Waals surface area (Å²) in [5.74, 6) is -2.63. The number of aromatic carboxylic acids is 1. The molecule has 14 heteroatoms. The van der Waals surface area contributed by atoms with E-state index in [0.717, 1.165) is 16.0 Å². The number of amides is 2. The molecule has 0 spiro atoms. The van der Waals surface area contributed by atoms with Gasteiger partial charge in [-0.25, -0.2) is 9.78 Å². The van der Waals surface area contributed by atoms with E-state index in [1.54, 1.807) is 30.3 Å². The second-order valence-electron chi connectivity index (χ2n) is 9.21. The average molecular weight is 738 g/mol. The van der Waals surface area contributed by atoms with Crippen molar-refractivity contribution in [2.45, 2.75) is 10.1 Å². The van der Waals surface area contributed by atoms with Gasteiger partial charge in [-0.1, -0.05) is 107 Å². The number of hydrogen-bond acceptors (Lipinski definition) is 6. The lowest BCUT2D eigenvalue weighted by atomic mass is 10.1. The first-order valence-corrected chi connectivity index (χ1v) is 16.4. The molecule has 1 heterocycles. The van der Waals surface area contributed by atoms with Gasteiger partial charge in [-0.2, -0.15) is 0 Å². The van der Waals surface area contributed by atoms with Crippen molar-refractivity contribution in [3.63, 3.8) is 0 Å². The summed E-state index contributed by atoms with van der Waals surface area (Å²) in [7, 11) is 0. The fourth-order valence-corrected chi connectivity index (χ4v) is 7.18. The van der Waals surface area contributed by atoms with Gasteiger partial charge in [-0.15, -0.1) is 23.1 Å². The first-order valence-electron chi connectivity index (χ1n) is 12.8. The number of aromatic nitrogens is 1. The van der Waals surface area contributed by atoms with Crippen molar-refractivity contribution < 1.29 is 19.5 Å². The Kier molecular flexibility index (Phi) is 10.6. The normalized spacial score (nSPS) is 11.6. The number of halogens is 5. The van der Waals surface area contributed by atoms with Crippen molar-refractivity contribution in [3.8, 4) is 11.3 Å². The molecule has 0 aliphatic carbocycles. The van der Waals surface area contributed by atoms with Gasteiger partial charge in [0.1, 0.15) is 5.25 Å². The number of carbonyl (C=O) groups is 3. The third-order valence-electron chi connectivity index (χ3n) is 6.30. The zero-order chi connectivity index (χ0) is 32.2. The Balaban J connectivity index is 1.34. The number of carbonyl (C=O) groups excluding carboxylic acids is 2. The minimum absolute atomic E-state index is 0.242. The summed E-state index contributed by atoms with van der Waals surface area (Å²) in [5, 5.41) is 16.1. The number of nitrogens with zero attached hydrogens (tertiary/aromatic N) is 1. The van der Waals surface area contributed by atoms with Crippen molar-refractivity contribution in [2.24, 2.45) is 0 Å². The molecule has 7 nitrogen and oxygen atoms in total. The zero-order valence-electron chi connectivity index (χ0n) is 22.5. The van der Waals surface area contributed by atoms with Crippen LogP contribution in [0, 0.1) is 0 Å². The molecule has 2 amide bonds. The number of carboxylic acids is 1. The van der Waals surface area contributed by atoms with Crippen LogP contribution in [0.2, 0.25) is 25.1 Å². The maximum atomic E-state index is 13.6. The van der Waals surface area contributed by atoms with Gasteiger partial charge in [0, 0.05) is 26.5 Å². The molecule has 0 aliphatic rings. The molecule has 228 valence electrons. The Labute approximate surface area is 290 Å². The Morgan fingerprint density at radius 2 is 1.38 bits per heavy atom. The standard InChI is InChI=1S/C31H18Cl5N3O4S2/c32-19-9-5-4-8-18(19)20-14-44-31(38-20)39-29(41)27(15-6-2-1-3-7-15)45-17-12-10-16(11-13-17)37-28(40)21-22(30(42)43)24(34)26(36)25(35)23(21)33/h1-14,27H,(H,37,40)(H,42,43)(H,38,39,41). The second-order valence-corrected chi connectivity index (χ2v) is 13.2. The second kappa shape index (κ2) is 14.4. The topological polar surface area (TPSA) is 108 Å². The van der Waals surface area contributed by atoms with Crippen LogP contribution in [-0.2, 0) is 4.79 Å². The molecule has 3 N–H and O–H groups in total. The first-order chi connectivity index (χ1) is 21.5. The minimum atomic E-state index is -1.50. The van der Waals surface area contributed by atoms with Gasteiger partial charge in [0.25, 0.3) is 5.91 Å². The molecule has 0 radical (unpaired) electrons. The fourth-order valence-electron chi connectivity index (χ4n) is 4.19. The van der Waals surface area contributed by atoms with Crippen molar-refractivity contribution in [3.05, 3.63) is 126 Å². The Hall–Kier alpha value is -3.28. The Morgan fingerprint density at radius 3 is 2.02 bits per heavy atom. The summed E-state index contributed by atoms with van der Waals surface area (Å²) < 4.78 is 0. The van der Waals surface area contributed by atoms with E-state index in [0.29, 0.717) is 21.5 Å². The number of anilines is 2. The van der Waals surface area contributed by atoms with Crippen LogP contribution in [0.4, 0.5) is 10.8 Å². The highest BCUT2D eigenvalue weighted by molar-refractivity contribution is 8.00. The molecule has 5 rings (SSSR count). The first kappa shape index (κ1) is 33.1. The summed E-state index contributed by atoms with van der Waals surface area (Å²) in [6, 6.07) is 23.2. The SMILES string of the molecule is O=C(O)c1c(Cl)c(Cl)c(Cl)c(Cl)c1C(=O)Nc1ccc(SC(C(=O)Nc2nc(-c3ccccc3Cl)cs2)c2ccccc2)cc1. The van der Waals surface area contributed by atoms with Crippen LogP contribution in [0.15, 0.2) is 89.1 Å². The summed E-state index contributed by atoms with van der Waals surface area (Å²) in [6.07, 6.45) is 0. The maximum Gasteiger partial charge on any atom is 0.338 e. The summed E-state index contributed by atoms with van der Waals surface area (Å²) in [5.41, 5.74) is 1.52. The van der Waals surface area contributed by atoms with E-state index < -0.39 is 33.3 Å². The highest BCUT2D eigenvalue weighted by Gasteiger charge is 2.29. The van der Waals surface area contributed by atoms with Crippen LogP contribution in [0.1, 0.15) is 31.5 Å². The highest BCUT2D eigenvalue weighted by Crippen LogP contribution is 2.42. The van der Waals surface area contributed by atoms with E-state index in [-0.39, 0.29) is 21.0 Å². The molecule has 0 aliphatic heterocycles. The van der Waals surface area contributed by atoms with Crippen LogP contribution in [0.5, 0.6) is 0 Å². The Morgan fingerprint density at radius 1 is 0.756 bits per heavy atom. The van der Waals surface area contributed by atoms with E-state index in [2.05, 4.69) is 15.6 Å². The van der Waals surface area contributed by atoms with E-state index in [1.165, 1.54) is 23.1 Å². The van der Waals surface area contributed by atoms with E-state index >= 15 is 0 Å². The number of benzene rings is 4. The van der Waals surface area contributed by atoms with Crippen molar-refractivity contribution >= 4 is 110 Å². The molecule has 0 saturated carbocycles. The quantitative estimate of drug-likeness (QED) is 0.0790. The molecule has 0 bridgehead atoms. The van der Waals surface area contributed by atoms with Gasteiger partial charge in [-0.3, -0.25) is 9.59 Å². The molecule has 45 heavy (non-hydrogen) atoms. The number of carboxylic acid groups (broad SMARTS) is 1. The van der Waals surface area contributed by atoms with Gasteiger partial charge in [0.2, 0.25) is 5.91 Å². The monoisotopic (exact) mass is 735 g/mol. The number of thiazole rings is 1. The minimum Gasteiger partial charge on any atom is -0.478 e. The van der Waals surface area contributed by atoms with Crippen LogP contribution in [0.3, 0.4) is 0 Å². The fraction of sp³-hybridized carbons (Fsp3) is 0.0323.